The molecule has 1 N–H and O–H groups in total. The first-order chi connectivity index (χ1) is 11.5. The fourth-order valence-electron chi connectivity index (χ4n) is 3.21. The summed E-state index contributed by atoms with van der Waals surface area (Å²) in [4.78, 5) is 12.2. The topological polar surface area (TPSA) is 66.5 Å². The molecule has 0 heterocycles. The van der Waals surface area contributed by atoms with Gasteiger partial charge in [0, 0.05) is 13.6 Å². The fourth-order valence-corrected chi connectivity index (χ4v) is 4.36. The summed E-state index contributed by atoms with van der Waals surface area (Å²) in [7, 11) is -2.17. The Bertz CT molecular complexity index is 610. The van der Waals surface area contributed by atoms with E-state index in [1.807, 2.05) is 0 Å². The molecule has 0 atom stereocenters. The molecule has 1 aliphatic rings. The Labute approximate surface area is 145 Å². The van der Waals surface area contributed by atoms with Crippen molar-refractivity contribution >= 4 is 15.9 Å². The largest absolute Gasteiger partial charge is 0.355 e. The molecule has 0 aromatic heterocycles. The quantitative estimate of drug-likeness (QED) is 0.732. The Morgan fingerprint density at radius 1 is 1.17 bits per heavy atom. The van der Waals surface area contributed by atoms with Gasteiger partial charge in [-0.05, 0) is 30.9 Å². The van der Waals surface area contributed by atoms with Crippen molar-refractivity contribution in [3.63, 3.8) is 0 Å². The molecule has 0 unspecified atom stereocenters. The molecule has 1 aromatic rings. The van der Waals surface area contributed by atoms with Crippen molar-refractivity contribution in [2.75, 3.05) is 20.1 Å². The Morgan fingerprint density at radius 3 is 2.50 bits per heavy atom. The normalized spacial score (nSPS) is 16.2. The van der Waals surface area contributed by atoms with Gasteiger partial charge in [-0.1, -0.05) is 50.3 Å². The summed E-state index contributed by atoms with van der Waals surface area (Å²) in [5, 5.41) is 2.83. The van der Waals surface area contributed by atoms with Gasteiger partial charge in [0.2, 0.25) is 15.9 Å². The molecule has 0 saturated heterocycles. The van der Waals surface area contributed by atoms with Gasteiger partial charge in [0.1, 0.15) is 0 Å². The average molecular weight is 352 g/mol. The number of amides is 1. The first-order valence-electron chi connectivity index (χ1n) is 8.78. The van der Waals surface area contributed by atoms with Gasteiger partial charge in [-0.3, -0.25) is 4.79 Å². The van der Waals surface area contributed by atoms with E-state index in [9.17, 15) is 13.2 Å². The lowest BCUT2D eigenvalue weighted by atomic mass is 9.86. The molecule has 1 saturated carbocycles. The second-order valence-corrected chi connectivity index (χ2v) is 8.62. The highest BCUT2D eigenvalue weighted by Crippen LogP contribution is 2.26. The van der Waals surface area contributed by atoms with Crippen LogP contribution >= 0.6 is 0 Å². The summed E-state index contributed by atoms with van der Waals surface area (Å²) in [6.45, 7) is 0.467. The number of likely N-dealkylation sites (N-methyl/N-ethyl adjacent to an activating group) is 1. The van der Waals surface area contributed by atoms with Crippen LogP contribution in [0.4, 0.5) is 0 Å². The third-order valence-electron chi connectivity index (χ3n) is 4.65. The molecule has 24 heavy (non-hydrogen) atoms. The van der Waals surface area contributed by atoms with E-state index in [2.05, 4.69) is 5.32 Å². The zero-order valence-electron chi connectivity index (χ0n) is 14.4. The summed E-state index contributed by atoms with van der Waals surface area (Å²) in [5.41, 5.74) is 0. The van der Waals surface area contributed by atoms with E-state index in [1.165, 1.54) is 51.3 Å². The molecule has 0 radical (unpaired) electrons. The number of hydrogen-bond donors (Lipinski definition) is 1. The van der Waals surface area contributed by atoms with Gasteiger partial charge in [0.25, 0.3) is 0 Å². The van der Waals surface area contributed by atoms with Crippen molar-refractivity contribution < 1.29 is 13.2 Å². The first-order valence-corrected chi connectivity index (χ1v) is 10.2. The smallest absolute Gasteiger partial charge is 0.243 e. The molecule has 1 aliphatic carbocycles. The van der Waals surface area contributed by atoms with E-state index >= 15 is 0 Å². The predicted molar refractivity (Wildman–Crippen MR) is 95.1 cm³/mol. The summed E-state index contributed by atoms with van der Waals surface area (Å²) in [6, 6.07) is 8.18. The molecule has 0 spiro atoms. The van der Waals surface area contributed by atoms with E-state index in [0.717, 1.165) is 23.1 Å². The SMILES string of the molecule is CN(CC(=O)NCCCC1CCCCC1)S(=O)(=O)c1ccccc1. The monoisotopic (exact) mass is 352 g/mol. The van der Waals surface area contributed by atoms with Gasteiger partial charge in [0.15, 0.2) is 0 Å². The maximum Gasteiger partial charge on any atom is 0.243 e. The van der Waals surface area contributed by atoms with Crippen molar-refractivity contribution in [1.29, 1.82) is 0 Å². The molecular formula is C18H28N2O3S. The summed E-state index contributed by atoms with van der Waals surface area (Å²) in [6.07, 6.45) is 8.76. The molecule has 0 aliphatic heterocycles. The van der Waals surface area contributed by atoms with Crippen molar-refractivity contribution in [2.24, 2.45) is 5.92 Å². The van der Waals surface area contributed by atoms with Crippen LogP contribution in [0.2, 0.25) is 0 Å². The maximum atomic E-state index is 12.4. The van der Waals surface area contributed by atoms with E-state index in [4.69, 9.17) is 0 Å². The van der Waals surface area contributed by atoms with Gasteiger partial charge in [-0.15, -0.1) is 0 Å². The number of carbonyl (C=O) groups excluding carboxylic acids is 1. The minimum atomic E-state index is -3.61. The number of nitrogens with one attached hydrogen (secondary N) is 1. The lowest BCUT2D eigenvalue weighted by Gasteiger charge is -2.21. The predicted octanol–water partition coefficient (Wildman–Crippen LogP) is 2.78. The molecule has 2 rings (SSSR count). The van der Waals surface area contributed by atoms with Crippen molar-refractivity contribution in [3.8, 4) is 0 Å². The van der Waals surface area contributed by atoms with Crippen molar-refractivity contribution in [3.05, 3.63) is 30.3 Å². The highest BCUT2D eigenvalue weighted by atomic mass is 32.2. The highest BCUT2D eigenvalue weighted by molar-refractivity contribution is 7.89. The number of benzene rings is 1. The van der Waals surface area contributed by atoms with Crippen LogP contribution in [0.25, 0.3) is 0 Å². The molecule has 1 amide bonds. The van der Waals surface area contributed by atoms with Crippen molar-refractivity contribution in [1.82, 2.24) is 9.62 Å². The minimum Gasteiger partial charge on any atom is -0.355 e. The summed E-state index contributed by atoms with van der Waals surface area (Å²) < 4.78 is 25.8. The average Bonchev–Trinajstić information content (AvgIpc) is 2.60. The molecule has 1 fully saturated rings. The van der Waals surface area contributed by atoms with Gasteiger partial charge in [-0.2, -0.15) is 4.31 Å². The number of sulfonamides is 1. The van der Waals surface area contributed by atoms with Crippen LogP contribution in [0.3, 0.4) is 0 Å². The van der Waals surface area contributed by atoms with Gasteiger partial charge < -0.3 is 5.32 Å². The van der Waals surface area contributed by atoms with Crippen LogP contribution in [-0.2, 0) is 14.8 Å². The van der Waals surface area contributed by atoms with E-state index in [1.54, 1.807) is 18.2 Å². The van der Waals surface area contributed by atoms with Crippen LogP contribution in [0.5, 0.6) is 0 Å². The molecule has 5 nitrogen and oxygen atoms in total. The summed E-state index contributed by atoms with van der Waals surface area (Å²) >= 11 is 0. The molecule has 6 heteroatoms. The van der Waals surface area contributed by atoms with Crippen LogP contribution in [0.1, 0.15) is 44.9 Å². The standard InChI is InChI=1S/C18H28N2O3S/c1-20(24(22,23)17-12-6-3-7-13-17)15-18(21)19-14-8-11-16-9-4-2-5-10-16/h3,6-7,12-13,16H,2,4-5,8-11,14-15H2,1H3,(H,19,21). The maximum absolute atomic E-state index is 12.4. The van der Waals surface area contributed by atoms with Gasteiger partial charge >= 0.3 is 0 Å². The second-order valence-electron chi connectivity index (χ2n) is 6.57. The van der Waals surface area contributed by atoms with Crippen LogP contribution < -0.4 is 5.32 Å². The highest BCUT2D eigenvalue weighted by Gasteiger charge is 2.22. The lowest BCUT2D eigenvalue weighted by Crippen LogP contribution is -2.38. The minimum absolute atomic E-state index is 0.152. The number of rotatable bonds is 8. The zero-order valence-corrected chi connectivity index (χ0v) is 15.2. The third-order valence-corrected chi connectivity index (χ3v) is 6.47. The van der Waals surface area contributed by atoms with Gasteiger partial charge in [0.05, 0.1) is 11.4 Å². The van der Waals surface area contributed by atoms with E-state index in [0.29, 0.717) is 6.54 Å². The third kappa shape index (κ3) is 5.60. The fraction of sp³-hybridized carbons (Fsp3) is 0.611. The first kappa shape index (κ1) is 18.9. The Hall–Kier alpha value is -1.40. The van der Waals surface area contributed by atoms with Crippen LogP contribution in [0.15, 0.2) is 35.2 Å². The van der Waals surface area contributed by atoms with Crippen LogP contribution in [-0.4, -0.2) is 38.8 Å². The van der Waals surface area contributed by atoms with Gasteiger partial charge in [-0.25, -0.2) is 8.42 Å². The Morgan fingerprint density at radius 2 is 1.83 bits per heavy atom. The molecule has 0 bridgehead atoms. The van der Waals surface area contributed by atoms with E-state index < -0.39 is 10.0 Å². The van der Waals surface area contributed by atoms with E-state index in [-0.39, 0.29) is 17.3 Å². The number of carbonyl (C=O) groups is 1. The molecular weight excluding hydrogens is 324 g/mol. The molecule has 134 valence electrons. The van der Waals surface area contributed by atoms with Crippen LogP contribution in [0, 0.1) is 5.92 Å². The second kappa shape index (κ2) is 9.18. The zero-order chi connectivity index (χ0) is 17.4. The molecule has 1 aromatic carbocycles. The Kier molecular flexibility index (Phi) is 7.24. The number of hydrogen-bond acceptors (Lipinski definition) is 3. The summed E-state index contributed by atoms with van der Waals surface area (Å²) in [5.74, 6) is 0.553. The number of nitrogens with zero attached hydrogens (tertiary/aromatic N) is 1. The van der Waals surface area contributed by atoms with Crippen molar-refractivity contribution in [2.45, 2.75) is 49.8 Å². The Balaban J connectivity index is 1.71. The lowest BCUT2D eigenvalue weighted by molar-refractivity contribution is -0.121.